The first kappa shape index (κ1) is 9.33. The zero-order valence-electron chi connectivity index (χ0n) is 9.41. The first-order valence-corrected chi connectivity index (χ1v) is 6.14. The highest BCUT2D eigenvalue weighted by Crippen LogP contribution is 2.55. The van der Waals surface area contributed by atoms with E-state index in [2.05, 4.69) is 9.97 Å². The molecule has 0 aliphatic heterocycles. The molecule has 0 saturated heterocycles. The van der Waals surface area contributed by atoms with Crippen LogP contribution in [0.3, 0.4) is 0 Å². The number of hydrogen-bond acceptors (Lipinski definition) is 3. The molecule has 2 unspecified atom stereocenters. The third kappa shape index (κ3) is 1.33. The zero-order valence-corrected chi connectivity index (χ0v) is 9.41. The van der Waals surface area contributed by atoms with E-state index >= 15 is 0 Å². The van der Waals surface area contributed by atoms with Gasteiger partial charge in [-0.2, -0.15) is 0 Å². The smallest absolute Gasteiger partial charge is 0.252 e. The van der Waals surface area contributed by atoms with Crippen molar-refractivity contribution in [2.24, 2.45) is 11.8 Å². The van der Waals surface area contributed by atoms with Gasteiger partial charge >= 0.3 is 0 Å². The van der Waals surface area contributed by atoms with Gasteiger partial charge in [-0.25, -0.2) is 9.97 Å². The molecule has 0 amide bonds. The summed E-state index contributed by atoms with van der Waals surface area (Å²) in [6, 6.07) is 3.80. The predicted molar refractivity (Wildman–Crippen MR) is 63.7 cm³/mol. The number of pyridine rings is 1. The van der Waals surface area contributed by atoms with Crippen molar-refractivity contribution in [3.8, 4) is 0 Å². The molecule has 0 spiro atoms. The quantitative estimate of drug-likeness (QED) is 0.745. The van der Waals surface area contributed by atoms with Gasteiger partial charge in [0.15, 0.2) is 0 Å². The van der Waals surface area contributed by atoms with E-state index in [0.29, 0.717) is 6.04 Å². The summed E-state index contributed by atoms with van der Waals surface area (Å²) < 4.78 is 1.88. The number of aromatic nitrogens is 3. The fourth-order valence-electron chi connectivity index (χ4n) is 3.25. The first-order chi connectivity index (χ1) is 8.33. The van der Waals surface area contributed by atoms with Gasteiger partial charge in [0.25, 0.3) is 5.56 Å². The van der Waals surface area contributed by atoms with Crippen LogP contribution in [-0.2, 0) is 0 Å². The van der Waals surface area contributed by atoms with Crippen LogP contribution >= 0.6 is 0 Å². The van der Waals surface area contributed by atoms with Gasteiger partial charge < -0.3 is 0 Å². The van der Waals surface area contributed by atoms with Gasteiger partial charge in [0.2, 0.25) is 0 Å². The van der Waals surface area contributed by atoms with Crippen LogP contribution in [0.4, 0.5) is 0 Å². The Morgan fingerprint density at radius 1 is 1.18 bits per heavy atom. The van der Waals surface area contributed by atoms with Crippen molar-refractivity contribution in [2.45, 2.75) is 25.3 Å². The summed E-state index contributed by atoms with van der Waals surface area (Å²) in [7, 11) is 0. The van der Waals surface area contributed by atoms with E-state index < -0.39 is 0 Å². The minimum absolute atomic E-state index is 0.0718. The summed E-state index contributed by atoms with van der Waals surface area (Å²) in [6.07, 6.45) is 6.95. The lowest BCUT2D eigenvalue weighted by Crippen LogP contribution is -2.24. The van der Waals surface area contributed by atoms with Gasteiger partial charge in [-0.05, 0) is 37.2 Å². The summed E-state index contributed by atoms with van der Waals surface area (Å²) in [4.78, 5) is 20.3. The molecule has 86 valence electrons. The molecule has 17 heavy (non-hydrogen) atoms. The Kier molecular flexibility index (Phi) is 1.73. The second kappa shape index (κ2) is 3.15. The Balaban J connectivity index is 1.92. The molecule has 2 saturated carbocycles. The van der Waals surface area contributed by atoms with Crippen LogP contribution in [0.25, 0.3) is 11.0 Å². The molecule has 2 aliphatic carbocycles. The zero-order chi connectivity index (χ0) is 11.4. The Hall–Kier alpha value is -1.71. The van der Waals surface area contributed by atoms with Crippen molar-refractivity contribution >= 4 is 11.0 Å². The topological polar surface area (TPSA) is 47.8 Å². The van der Waals surface area contributed by atoms with E-state index in [4.69, 9.17) is 0 Å². The van der Waals surface area contributed by atoms with Crippen molar-refractivity contribution in [1.29, 1.82) is 0 Å². The lowest BCUT2D eigenvalue weighted by molar-refractivity contribution is 0.466. The third-order valence-corrected chi connectivity index (χ3v) is 4.17. The summed E-state index contributed by atoms with van der Waals surface area (Å²) in [5.41, 5.74) is 0.862. The fourth-order valence-corrected chi connectivity index (χ4v) is 3.25. The Labute approximate surface area is 98.3 Å². The van der Waals surface area contributed by atoms with Gasteiger partial charge in [0.05, 0.1) is 0 Å². The van der Waals surface area contributed by atoms with E-state index in [1.807, 2.05) is 10.6 Å². The van der Waals surface area contributed by atoms with Gasteiger partial charge in [0, 0.05) is 23.7 Å². The minimum Gasteiger partial charge on any atom is -0.289 e. The van der Waals surface area contributed by atoms with Crippen molar-refractivity contribution in [2.75, 3.05) is 0 Å². The molecule has 2 aliphatic rings. The Morgan fingerprint density at radius 2 is 2.00 bits per heavy atom. The molecule has 4 heteroatoms. The maximum atomic E-state index is 12.0. The Bertz CT molecular complexity index is 638. The normalized spacial score (nSPS) is 30.5. The monoisotopic (exact) mass is 227 g/mol. The molecule has 2 atom stereocenters. The van der Waals surface area contributed by atoms with Crippen LogP contribution in [-0.4, -0.2) is 14.5 Å². The van der Waals surface area contributed by atoms with Crippen LogP contribution < -0.4 is 5.56 Å². The molecule has 2 aromatic heterocycles. The average Bonchev–Trinajstić information content (AvgIpc) is 2.96. The first-order valence-electron chi connectivity index (χ1n) is 6.14. The predicted octanol–water partition coefficient (Wildman–Crippen LogP) is 1.76. The van der Waals surface area contributed by atoms with Crippen molar-refractivity contribution in [3.63, 3.8) is 0 Å². The summed E-state index contributed by atoms with van der Waals surface area (Å²) in [5, 5.41) is 0.952. The van der Waals surface area contributed by atoms with Crippen molar-refractivity contribution < 1.29 is 0 Å². The lowest BCUT2D eigenvalue weighted by atomic mass is 10.1. The molecular formula is C13H13N3O. The van der Waals surface area contributed by atoms with Crippen LogP contribution in [0.1, 0.15) is 25.3 Å². The molecular weight excluding hydrogens is 214 g/mol. The molecule has 2 fully saturated rings. The van der Waals surface area contributed by atoms with Crippen LogP contribution in [0.15, 0.2) is 29.5 Å². The van der Waals surface area contributed by atoms with E-state index in [-0.39, 0.29) is 5.56 Å². The van der Waals surface area contributed by atoms with Crippen molar-refractivity contribution in [1.82, 2.24) is 14.5 Å². The highest BCUT2D eigenvalue weighted by atomic mass is 16.1. The van der Waals surface area contributed by atoms with Gasteiger partial charge in [-0.15, -0.1) is 0 Å². The van der Waals surface area contributed by atoms with Gasteiger partial charge in [-0.1, -0.05) is 0 Å². The molecule has 2 aromatic rings. The summed E-state index contributed by atoms with van der Waals surface area (Å²) in [6.45, 7) is 0. The highest BCUT2D eigenvalue weighted by Gasteiger charge is 2.46. The van der Waals surface area contributed by atoms with Crippen LogP contribution in [0.5, 0.6) is 0 Å². The molecule has 4 rings (SSSR count). The maximum absolute atomic E-state index is 12.0. The average molecular weight is 227 g/mol. The summed E-state index contributed by atoms with van der Waals surface area (Å²) >= 11 is 0. The number of nitrogens with zero attached hydrogens (tertiary/aromatic N) is 3. The number of hydrogen-bond donors (Lipinski definition) is 0. The fraction of sp³-hybridized carbons (Fsp3) is 0.462. The lowest BCUT2D eigenvalue weighted by Gasteiger charge is -2.17. The number of rotatable bonds is 1. The third-order valence-electron chi connectivity index (χ3n) is 4.17. The minimum atomic E-state index is 0.0718. The largest absolute Gasteiger partial charge is 0.289 e. The number of fused-ring (bicyclic) bond motifs is 2. The van der Waals surface area contributed by atoms with Crippen LogP contribution in [0, 0.1) is 11.8 Å². The molecule has 2 heterocycles. The van der Waals surface area contributed by atoms with E-state index in [1.54, 1.807) is 12.3 Å². The molecule has 0 N–H and O–H groups in total. The van der Waals surface area contributed by atoms with Gasteiger partial charge in [0.1, 0.15) is 12.0 Å². The standard InChI is InChI=1S/C13H13N3O/c17-12-2-1-8-6-14-7-15-13(8)16(12)11-4-9-3-10(9)5-11/h1-2,6-7,9-11H,3-5H2. The SMILES string of the molecule is O=c1ccc2cncnc2n1C1CC2CC2C1. The summed E-state index contributed by atoms with van der Waals surface area (Å²) in [5.74, 6) is 1.73. The van der Waals surface area contributed by atoms with E-state index in [0.717, 1.165) is 35.7 Å². The second-order valence-corrected chi connectivity index (χ2v) is 5.22. The molecule has 0 aromatic carbocycles. The van der Waals surface area contributed by atoms with Crippen LogP contribution in [0.2, 0.25) is 0 Å². The Morgan fingerprint density at radius 3 is 2.82 bits per heavy atom. The molecule has 0 radical (unpaired) electrons. The second-order valence-electron chi connectivity index (χ2n) is 5.22. The molecule has 4 nitrogen and oxygen atoms in total. The van der Waals surface area contributed by atoms with E-state index in [1.165, 1.54) is 12.7 Å². The van der Waals surface area contributed by atoms with E-state index in [9.17, 15) is 4.79 Å². The highest BCUT2D eigenvalue weighted by molar-refractivity contribution is 5.73. The molecule has 0 bridgehead atoms. The maximum Gasteiger partial charge on any atom is 0.252 e. The van der Waals surface area contributed by atoms with Gasteiger partial charge in [-0.3, -0.25) is 9.36 Å². The van der Waals surface area contributed by atoms with Crippen molar-refractivity contribution in [3.05, 3.63) is 35.0 Å².